The molecule has 0 atom stereocenters. The van der Waals surface area contributed by atoms with Crippen LogP contribution in [0.15, 0.2) is 28.7 Å². The number of hydrogen-bond acceptors (Lipinski definition) is 3. The average molecular weight is 257 g/mol. The summed E-state index contributed by atoms with van der Waals surface area (Å²) >= 11 is 3.16. The first-order chi connectivity index (χ1) is 6.63. The number of aromatic hydroxyl groups is 1. The molecule has 0 saturated heterocycles. The molecule has 0 unspecified atom stereocenters. The van der Waals surface area contributed by atoms with Gasteiger partial charge in [0.15, 0.2) is 0 Å². The van der Waals surface area contributed by atoms with E-state index < -0.39 is 5.97 Å². The number of phenolic OH excluding ortho intramolecular Hbond substituents is 1. The van der Waals surface area contributed by atoms with Gasteiger partial charge in [-0.05, 0) is 39.7 Å². The van der Waals surface area contributed by atoms with Crippen LogP contribution in [0, 0.1) is 0 Å². The summed E-state index contributed by atoms with van der Waals surface area (Å²) in [4.78, 5) is 10.8. The number of carbonyl (C=O) groups is 1. The minimum Gasteiger partial charge on any atom is -0.507 e. The minimum absolute atomic E-state index is 0.136. The molecule has 0 heterocycles. The molecule has 0 aliphatic heterocycles. The Morgan fingerprint density at radius 3 is 2.86 bits per heavy atom. The molecule has 1 rings (SSSR count). The molecule has 0 aliphatic rings. The molecule has 0 saturated carbocycles. The number of carbonyl (C=O) groups excluding carboxylic acids is 1. The number of rotatable bonds is 2. The van der Waals surface area contributed by atoms with Crippen LogP contribution in [0.3, 0.4) is 0 Å². The van der Waals surface area contributed by atoms with Crippen molar-refractivity contribution in [3.8, 4) is 5.75 Å². The lowest BCUT2D eigenvalue weighted by Crippen LogP contribution is -1.93. The summed E-state index contributed by atoms with van der Waals surface area (Å²) in [6.07, 6.45) is 2.86. The van der Waals surface area contributed by atoms with Gasteiger partial charge >= 0.3 is 5.97 Å². The summed E-state index contributed by atoms with van der Waals surface area (Å²) < 4.78 is 5.05. The fourth-order valence-electron chi connectivity index (χ4n) is 0.866. The van der Waals surface area contributed by atoms with Crippen LogP contribution in [-0.4, -0.2) is 18.2 Å². The van der Waals surface area contributed by atoms with Gasteiger partial charge in [-0.15, -0.1) is 0 Å². The van der Waals surface area contributed by atoms with E-state index in [1.54, 1.807) is 24.3 Å². The summed E-state index contributed by atoms with van der Waals surface area (Å²) in [7, 11) is 1.31. The maximum atomic E-state index is 10.8. The van der Waals surface area contributed by atoms with Crippen molar-refractivity contribution < 1.29 is 14.6 Å². The van der Waals surface area contributed by atoms with Crippen molar-refractivity contribution in [2.75, 3.05) is 7.11 Å². The van der Waals surface area contributed by atoms with Gasteiger partial charge in [-0.1, -0.05) is 6.07 Å². The third kappa shape index (κ3) is 2.88. The Hall–Kier alpha value is -1.29. The van der Waals surface area contributed by atoms with E-state index in [-0.39, 0.29) is 5.75 Å². The molecule has 3 nitrogen and oxygen atoms in total. The van der Waals surface area contributed by atoms with Gasteiger partial charge in [0, 0.05) is 6.08 Å². The number of hydrogen-bond donors (Lipinski definition) is 1. The molecule has 0 fully saturated rings. The zero-order valence-electron chi connectivity index (χ0n) is 7.53. The molecule has 0 amide bonds. The lowest BCUT2D eigenvalue weighted by molar-refractivity contribution is -0.134. The first-order valence-electron chi connectivity index (χ1n) is 3.88. The molecule has 0 bridgehead atoms. The van der Waals surface area contributed by atoms with Crippen LogP contribution in [0.1, 0.15) is 5.56 Å². The summed E-state index contributed by atoms with van der Waals surface area (Å²) in [5, 5.41) is 9.33. The number of benzene rings is 1. The Morgan fingerprint density at radius 2 is 2.29 bits per heavy atom. The Labute approximate surface area is 90.1 Å². The Balaban J connectivity index is 2.83. The smallest absolute Gasteiger partial charge is 0.330 e. The maximum Gasteiger partial charge on any atom is 0.330 e. The van der Waals surface area contributed by atoms with E-state index in [0.29, 0.717) is 4.47 Å². The van der Waals surface area contributed by atoms with Crippen molar-refractivity contribution in [3.05, 3.63) is 34.3 Å². The van der Waals surface area contributed by atoms with Gasteiger partial charge in [0.25, 0.3) is 0 Å². The van der Waals surface area contributed by atoms with Gasteiger partial charge in [0.2, 0.25) is 0 Å². The number of esters is 1. The second kappa shape index (κ2) is 4.81. The molecular weight excluding hydrogens is 248 g/mol. The highest BCUT2D eigenvalue weighted by Gasteiger charge is 1.97. The van der Waals surface area contributed by atoms with E-state index in [2.05, 4.69) is 20.7 Å². The number of methoxy groups -OCH3 is 1. The second-order valence-corrected chi connectivity index (χ2v) is 3.42. The summed E-state index contributed by atoms with van der Waals surface area (Å²) in [6.45, 7) is 0. The van der Waals surface area contributed by atoms with E-state index in [9.17, 15) is 9.90 Å². The summed E-state index contributed by atoms with van der Waals surface area (Å²) in [5.41, 5.74) is 0.733. The van der Waals surface area contributed by atoms with Crippen molar-refractivity contribution in [2.24, 2.45) is 0 Å². The number of phenols is 1. The maximum absolute atomic E-state index is 10.8. The van der Waals surface area contributed by atoms with Crippen LogP contribution in [0.25, 0.3) is 6.08 Å². The van der Waals surface area contributed by atoms with Crippen LogP contribution >= 0.6 is 15.9 Å². The summed E-state index contributed by atoms with van der Waals surface area (Å²) in [6, 6.07) is 5.01. The third-order valence-corrected chi connectivity index (χ3v) is 2.25. The summed E-state index contributed by atoms with van der Waals surface area (Å²) in [5.74, 6) is -0.288. The first-order valence-corrected chi connectivity index (χ1v) is 4.67. The monoisotopic (exact) mass is 256 g/mol. The zero-order chi connectivity index (χ0) is 10.6. The molecule has 1 aromatic carbocycles. The van der Waals surface area contributed by atoms with Gasteiger partial charge < -0.3 is 9.84 Å². The second-order valence-electron chi connectivity index (χ2n) is 2.57. The Bertz CT molecular complexity index is 372. The SMILES string of the molecule is COC(=O)/C=C/c1ccc(Br)c(O)c1. The number of halogens is 1. The Morgan fingerprint density at radius 1 is 1.57 bits per heavy atom. The van der Waals surface area contributed by atoms with E-state index in [1.165, 1.54) is 13.2 Å². The predicted molar refractivity (Wildman–Crippen MR) is 56.9 cm³/mol. The molecule has 0 spiro atoms. The van der Waals surface area contributed by atoms with Crippen molar-refractivity contribution in [1.82, 2.24) is 0 Å². The van der Waals surface area contributed by atoms with Gasteiger partial charge in [-0.2, -0.15) is 0 Å². The first kappa shape index (κ1) is 10.8. The quantitative estimate of drug-likeness (QED) is 0.653. The standard InChI is InChI=1S/C10H9BrO3/c1-14-10(13)5-3-7-2-4-8(11)9(12)6-7/h2-6,12H,1H3/b5-3+. The Kier molecular flexibility index (Phi) is 3.71. The topological polar surface area (TPSA) is 46.5 Å². The van der Waals surface area contributed by atoms with Gasteiger partial charge in [0.05, 0.1) is 11.6 Å². The molecule has 0 radical (unpaired) electrons. The highest BCUT2D eigenvalue weighted by molar-refractivity contribution is 9.10. The van der Waals surface area contributed by atoms with Crippen molar-refractivity contribution in [3.63, 3.8) is 0 Å². The molecule has 74 valence electrons. The molecule has 4 heteroatoms. The third-order valence-electron chi connectivity index (χ3n) is 1.58. The van der Waals surface area contributed by atoms with E-state index >= 15 is 0 Å². The lowest BCUT2D eigenvalue weighted by atomic mass is 10.2. The predicted octanol–water partition coefficient (Wildman–Crippen LogP) is 2.34. The molecular formula is C10H9BrO3. The van der Waals surface area contributed by atoms with Crippen LogP contribution in [0.5, 0.6) is 5.75 Å². The van der Waals surface area contributed by atoms with Crippen molar-refractivity contribution >= 4 is 28.0 Å². The van der Waals surface area contributed by atoms with Gasteiger partial charge in [-0.25, -0.2) is 4.79 Å². The normalized spacial score (nSPS) is 10.4. The molecule has 1 N–H and O–H groups in total. The van der Waals surface area contributed by atoms with Gasteiger partial charge in [-0.3, -0.25) is 0 Å². The van der Waals surface area contributed by atoms with E-state index in [4.69, 9.17) is 0 Å². The van der Waals surface area contributed by atoms with Crippen molar-refractivity contribution in [2.45, 2.75) is 0 Å². The van der Waals surface area contributed by atoms with Crippen LogP contribution in [0.4, 0.5) is 0 Å². The average Bonchev–Trinajstić information content (AvgIpc) is 2.19. The fourth-order valence-corrected chi connectivity index (χ4v) is 1.11. The minimum atomic E-state index is -0.424. The van der Waals surface area contributed by atoms with Crippen LogP contribution in [-0.2, 0) is 9.53 Å². The molecule has 1 aromatic rings. The van der Waals surface area contributed by atoms with Crippen LogP contribution < -0.4 is 0 Å². The van der Waals surface area contributed by atoms with Gasteiger partial charge in [0.1, 0.15) is 5.75 Å². The largest absolute Gasteiger partial charge is 0.507 e. The fraction of sp³-hybridized carbons (Fsp3) is 0.100. The zero-order valence-corrected chi connectivity index (χ0v) is 9.11. The lowest BCUT2D eigenvalue weighted by Gasteiger charge is -1.97. The van der Waals surface area contributed by atoms with Crippen LogP contribution in [0.2, 0.25) is 0 Å². The number of ether oxygens (including phenoxy) is 1. The molecule has 0 aliphatic carbocycles. The van der Waals surface area contributed by atoms with E-state index in [1.807, 2.05) is 0 Å². The molecule has 0 aromatic heterocycles. The highest BCUT2D eigenvalue weighted by Crippen LogP contribution is 2.24. The highest BCUT2D eigenvalue weighted by atomic mass is 79.9. The van der Waals surface area contributed by atoms with Crippen molar-refractivity contribution in [1.29, 1.82) is 0 Å². The van der Waals surface area contributed by atoms with E-state index in [0.717, 1.165) is 5.56 Å². The molecule has 14 heavy (non-hydrogen) atoms.